The van der Waals surface area contributed by atoms with Crippen molar-refractivity contribution in [3.63, 3.8) is 0 Å². The molecule has 3 nitrogen and oxygen atoms in total. The van der Waals surface area contributed by atoms with Crippen molar-refractivity contribution in [1.29, 1.82) is 0 Å². The standard InChI is InChI=1S/C10H6F6O3/c11-9(12,13)4-2-1-3-5(6(4)10(14,15)16)8(18)19-7(3)17/h3,5H,1-2H2. The van der Waals surface area contributed by atoms with E-state index in [1.807, 2.05) is 0 Å². The number of cyclic esters (lactones) is 2. The summed E-state index contributed by atoms with van der Waals surface area (Å²) in [5.74, 6) is -6.44. The zero-order valence-corrected chi connectivity index (χ0v) is 9.06. The van der Waals surface area contributed by atoms with E-state index in [-0.39, 0.29) is 0 Å². The summed E-state index contributed by atoms with van der Waals surface area (Å²) in [6.07, 6.45) is -12.0. The minimum absolute atomic E-state index is 0.482. The maximum absolute atomic E-state index is 12.8. The largest absolute Gasteiger partial charge is 0.413 e. The minimum Gasteiger partial charge on any atom is -0.392 e. The number of hydrogen-bond acceptors (Lipinski definition) is 3. The van der Waals surface area contributed by atoms with Gasteiger partial charge in [0.15, 0.2) is 0 Å². The summed E-state index contributed by atoms with van der Waals surface area (Å²) in [5, 5.41) is 0. The molecule has 0 saturated carbocycles. The third kappa shape index (κ3) is 2.21. The fourth-order valence-electron chi connectivity index (χ4n) is 2.41. The fourth-order valence-corrected chi connectivity index (χ4v) is 2.41. The van der Waals surface area contributed by atoms with Crippen LogP contribution in [-0.2, 0) is 14.3 Å². The molecular weight excluding hydrogens is 282 g/mol. The molecule has 0 radical (unpaired) electrons. The molecule has 2 atom stereocenters. The number of carbonyl (C=O) groups excluding carboxylic acids is 2. The van der Waals surface area contributed by atoms with Crippen LogP contribution in [0.5, 0.6) is 0 Å². The lowest BCUT2D eigenvalue weighted by atomic mass is 9.75. The second kappa shape index (κ2) is 3.97. The summed E-state index contributed by atoms with van der Waals surface area (Å²) in [7, 11) is 0. The van der Waals surface area contributed by atoms with Crippen LogP contribution in [0.3, 0.4) is 0 Å². The second-order valence-corrected chi connectivity index (χ2v) is 4.25. The van der Waals surface area contributed by atoms with Gasteiger partial charge in [0.1, 0.15) is 5.92 Å². The number of alkyl halides is 6. The summed E-state index contributed by atoms with van der Waals surface area (Å²) < 4.78 is 80.2. The molecule has 2 aliphatic rings. The van der Waals surface area contributed by atoms with Gasteiger partial charge in [-0.3, -0.25) is 9.59 Å². The second-order valence-electron chi connectivity index (χ2n) is 4.25. The highest BCUT2D eigenvalue weighted by Gasteiger charge is 2.59. The van der Waals surface area contributed by atoms with Crippen molar-refractivity contribution in [3.8, 4) is 0 Å². The van der Waals surface area contributed by atoms with Crippen LogP contribution >= 0.6 is 0 Å². The van der Waals surface area contributed by atoms with Crippen molar-refractivity contribution < 1.29 is 40.7 Å². The first-order valence-electron chi connectivity index (χ1n) is 5.16. The van der Waals surface area contributed by atoms with Crippen molar-refractivity contribution in [2.45, 2.75) is 25.2 Å². The zero-order chi connectivity index (χ0) is 14.6. The van der Waals surface area contributed by atoms with Crippen LogP contribution in [-0.4, -0.2) is 24.3 Å². The molecular formula is C10H6F6O3. The molecule has 1 aliphatic heterocycles. The molecule has 0 aromatic carbocycles. The van der Waals surface area contributed by atoms with Crippen LogP contribution in [0.2, 0.25) is 0 Å². The van der Waals surface area contributed by atoms with Gasteiger partial charge in [-0.15, -0.1) is 0 Å². The molecule has 0 amide bonds. The molecule has 0 aromatic rings. The maximum Gasteiger partial charge on any atom is 0.413 e. The van der Waals surface area contributed by atoms with Crippen LogP contribution in [0.1, 0.15) is 12.8 Å². The Kier molecular flexibility index (Phi) is 2.90. The lowest BCUT2D eigenvalue weighted by molar-refractivity contribution is -0.154. The van der Waals surface area contributed by atoms with Crippen LogP contribution in [0.4, 0.5) is 26.3 Å². The number of halogens is 6. The first kappa shape index (κ1) is 13.9. The van der Waals surface area contributed by atoms with Gasteiger partial charge in [-0.2, -0.15) is 26.3 Å². The summed E-state index contributed by atoms with van der Waals surface area (Å²) in [6.45, 7) is 0. The van der Waals surface area contributed by atoms with Crippen molar-refractivity contribution in [1.82, 2.24) is 0 Å². The topological polar surface area (TPSA) is 43.4 Å². The summed E-state index contributed by atoms with van der Waals surface area (Å²) in [4.78, 5) is 22.3. The van der Waals surface area contributed by atoms with Crippen molar-refractivity contribution in [2.24, 2.45) is 11.8 Å². The first-order chi connectivity index (χ1) is 8.53. The Morgan fingerprint density at radius 2 is 1.53 bits per heavy atom. The van der Waals surface area contributed by atoms with Crippen LogP contribution < -0.4 is 0 Å². The fraction of sp³-hybridized carbons (Fsp3) is 0.600. The number of ether oxygens (including phenoxy) is 1. The third-order valence-electron chi connectivity index (χ3n) is 3.15. The predicted octanol–water partition coefficient (Wildman–Crippen LogP) is 2.52. The van der Waals surface area contributed by atoms with Gasteiger partial charge < -0.3 is 4.74 Å². The summed E-state index contributed by atoms with van der Waals surface area (Å²) >= 11 is 0. The highest BCUT2D eigenvalue weighted by molar-refractivity contribution is 5.98. The normalized spacial score (nSPS) is 28.5. The smallest absolute Gasteiger partial charge is 0.392 e. The molecule has 1 heterocycles. The average Bonchev–Trinajstić information content (AvgIpc) is 2.51. The van der Waals surface area contributed by atoms with E-state index in [1.54, 1.807) is 0 Å². The van der Waals surface area contributed by atoms with Gasteiger partial charge in [0.05, 0.1) is 11.5 Å². The number of carbonyl (C=O) groups is 2. The van der Waals surface area contributed by atoms with Crippen molar-refractivity contribution >= 4 is 11.9 Å². The van der Waals surface area contributed by atoms with E-state index in [0.717, 1.165) is 0 Å². The first-order valence-corrected chi connectivity index (χ1v) is 5.16. The van der Waals surface area contributed by atoms with Gasteiger partial charge >= 0.3 is 24.3 Å². The SMILES string of the molecule is O=C1OC(=O)C2C(C(F)(F)F)=C(C(F)(F)F)CCC12. The molecule has 9 heteroatoms. The molecule has 2 unspecified atom stereocenters. The third-order valence-corrected chi connectivity index (χ3v) is 3.15. The number of esters is 2. The maximum atomic E-state index is 12.8. The van der Waals surface area contributed by atoms with E-state index in [9.17, 15) is 35.9 Å². The van der Waals surface area contributed by atoms with Gasteiger partial charge in [-0.25, -0.2) is 0 Å². The lowest BCUT2D eigenvalue weighted by Gasteiger charge is -2.29. The zero-order valence-electron chi connectivity index (χ0n) is 9.06. The number of rotatable bonds is 0. The van der Waals surface area contributed by atoms with Gasteiger partial charge in [0, 0.05) is 5.57 Å². The monoisotopic (exact) mass is 288 g/mol. The number of fused-ring (bicyclic) bond motifs is 1. The van der Waals surface area contributed by atoms with Gasteiger partial charge in [0.25, 0.3) is 0 Å². The Morgan fingerprint density at radius 3 is 2.00 bits per heavy atom. The van der Waals surface area contributed by atoms with Crippen molar-refractivity contribution in [2.75, 3.05) is 0 Å². The molecule has 2 rings (SSSR count). The number of hydrogen-bond donors (Lipinski definition) is 0. The Hall–Kier alpha value is -1.54. The molecule has 106 valence electrons. The van der Waals surface area contributed by atoms with E-state index in [2.05, 4.69) is 4.74 Å². The highest BCUT2D eigenvalue weighted by Crippen LogP contribution is 2.50. The van der Waals surface area contributed by atoms with E-state index < -0.39 is 60.1 Å². The van der Waals surface area contributed by atoms with Crippen LogP contribution in [0.15, 0.2) is 11.1 Å². The molecule has 0 aromatic heterocycles. The van der Waals surface area contributed by atoms with Gasteiger partial charge in [-0.05, 0) is 12.8 Å². The molecule has 1 fully saturated rings. The van der Waals surface area contributed by atoms with Crippen molar-refractivity contribution in [3.05, 3.63) is 11.1 Å². The van der Waals surface area contributed by atoms with E-state index in [4.69, 9.17) is 0 Å². The van der Waals surface area contributed by atoms with Crippen LogP contribution in [0.25, 0.3) is 0 Å². The lowest BCUT2D eigenvalue weighted by Crippen LogP contribution is -2.36. The molecule has 1 saturated heterocycles. The Bertz CT molecular complexity index is 473. The molecule has 0 bridgehead atoms. The Labute approximate surface area is 102 Å². The van der Waals surface area contributed by atoms with E-state index in [1.165, 1.54) is 0 Å². The molecule has 1 aliphatic carbocycles. The average molecular weight is 288 g/mol. The summed E-state index contributed by atoms with van der Waals surface area (Å²) in [6, 6.07) is 0. The molecule has 0 N–H and O–H groups in total. The number of allylic oxidation sites excluding steroid dienone is 1. The van der Waals surface area contributed by atoms with Gasteiger partial charge in [-0.1, -0.05) is 0 Å². The minimum atomic E-state index is -5.34. The van der Waals surface area contributed by atoms with E-state index >= 15 is 0 Å². The van der Waals surface area contributed by atoms with Crippen LogP contribution in [0, 0.1) is 11.8 Å². The molecule has 0 spiro atoms. The Morgan fingerprint density at radius 1 is 0.947 bits per heavy atom. The Balaban J connectivity index is 2.61. The quantitative estimate of drug-likeness (QED) is 0.298. The predicted molar refractivity (Wildman–Crippen MR) is 46.4 cm³/mol. The molecule has 19 heavy (non-hydrogen) atoms. The van der Waals surface area contributed by atoms with E-state index in [0.29, 0.717) is 0 Å². The van der Waals surface area contributed by atoms with Gasteiger partial charge in [0.2, 0.25) is 0 Å². The highest BCUT2D eigenvalue weighted by atomic mass is 19.4. The summed E-state index contributed by atoms with van der Waals surface area (Å²) in [5.41, 5.74) is -3.79.